The van der Waals surface area contributed by atoms with Gasteiger partial charge in [0.1, 0.15) is 11.9 Å². The van der Waals surface area contributed by atoms with E-state index in [1.807, 2.05) is 0 Å². The second-order valence-electron chi connectivity index (χ2n) is 3.40. The molecule has 0 saturated heterocycles. The van der Waals surface area contributed by atoms with Gasteiger partial charge >= 0.3 is 0 Å². The monoisotopic (exact) mass is 248 g/mol. The molecule has 0 aliphatic heterocycles. The Balaban J connectivity index is 2.12. The van der Waals surface area contributed by atoms with Crippen LogP contribution in [-0.2, 0) is 10.0 Å². The molecule has 3 N–H and O–H groups in total. The lowest BCUT2D eigenvalue weighted by atomic mass is 10.3. The van der Waals surface area contributed by atoms with Crippen molar-refractivity contribution in [3.63, 3.8) is 0 Å². The number of hydrogen-bond donors (Lipinski definition) is 3. The number of rotatable bonds is 7. The molecule has 0 radical (unpaired) electrons. The molecular formula is C9H16N2O4S. The van der Waals surface area contributed by atoms with Crippen LogP contribution in [0.4, 0.5) is 0 Å². The number of furan rings is 1. The molecule has 0 aliphatic carbocycles. The van der Waals surface area contributed by atoms with E-state index in [9.17, 15) is 13.5 Å². The second-order valence-corrected chi connectivity index (χ2v) is 5.23. The molecule has 7 heteroatoms. The minimum atomic E-state index is -3.14. The quantitative estimate of drug-likeness (QED) is 0.563. The topological polar surface area (TPSA) is 91.6 Å². The highest BCUT2D eigenvalue weighted by Crippen LogP contribution is 2.11. The minimum Gasteiger partial charge on any atom is -0.467 e. The third-order valence-corrected chi connectivity index (χ3v) is 2.60. The summed E-state index contributed by atoms with van der Waals surface area (Å²) >= 11 is 0. The summed E-state index contributed by atoms with van der Waals surface area (Å²) in [5.74, 6) is 0.489. The van der Waals surface area contributed by atoms with Crippen LogP contribution in [0.2, 0.25) is 0 Å². The Bertz CT molecular complexity index is 388. The van der Waals surface area contributed by atoms with Crippen LogP contribution in [-0.4, -0.2) is 39.4 Å². The maximum absolute atomic E-state index is 10.7. The van der Waals surface area contributed by atoms with Crippen LogP contribution in [0.5, 0.6) is 0 Å². The van der Waals surface area contributed by atoms with E-state index in [2.05, 4.69) is 10.0 Å². The Morgan fingerprint density at radius 3 is 2.81 bits per heavy atom. The van der Waals surface area contributed by atoms with Crippen molar-refractivity contribution >= 4 is 10.0 Å². The van der Waals surface area contributed by atoms with E-state index in [1.165, 1.54) is 6.26 Å². The normalized spacial score (nSPS) is 13.9. The van der Waals surface area contributed by atoms with Crippen molar-refractivity contribution in [2.75, 3.05) is 25.9 Å². The smallest absolute Gasteiger partial charge is 0.208 e. The highest BCUT2D eigenvalue weighted by atomic mass is 32.2. The lowest BCUT2D eigenvalue weighted by molar-refractivity contribution is 0.148. The summed E-state index contributed by atoms with van der Waals surface area (Å²) in [6.07, 6.45) is 1.88. The molecule has 1 heterocycles. The molecule has 0 fully saturated rings. The molecule has 0 amide bonds. The zero-order valence-electron chi connectivity index (χ0n) is 9.01. The summed E-state index contributed by atoms with van der Waals surface area (Å²) in [5.41, 5.74) is 0. The number of sulfonamides is 1. The van der Waals surface area contributed by atoms with E-state index < -0.39 is 16.1 Å². The lowest BCUT2D eigenvalue weighted by Crippen LogP contribution is -2.32. The van der Waals surface area contributed by atoms with Crippen molar-refractivity contribution in [3.05, 3.63) is 24.2 Å². The highest BCUT2D eigenvalue weighted by molar-refractivity contribution is 7.88. The molecule has 0 bridgehead atoms. The Morgan fingerprint density at radius 2 is 2.25 bits per heavy atom. The first-order chi connectivity index (χ1) is 7.49. The highest BCUT2D eigenvalue weighted by Gasteiger charge is 2.09. The molecular weight excluding hydrogens is 232 g/mol. The van der Waals surface area contributed by atoms with Crippen LogP contribution in [0.1, 0.15) is 11.9 Å². The number of hydrogen-bond acceptors (Lipinski definition) is 5. The van der Waals surface area contributed by atoms with Crippen molar-refractivity contribution in [1.29, 1.82) is 0 Å². The summed E-state index contributed by atoms with van der Waals surface area (Å²) < 4.78 is 28.8. The van der Waals surface area contributed by atoms with Gasteiger partial charge in [0.2, 0.25) is 10.0 Å². The SMILES string of the molecule is CS(=O)(=O)NCCNCC(O)c1ccco1. The third-order valence-electron chi connectivity index (χ3n) is 1.88. The first-order valence-electron chi connectivity index (χ1n) is 4.86. The zero-order chi connectivity index (χ0) is 12.0. The zero-order valence-corrected chi connectivity index (χ0v) is 9.83. The summed E-state index contributed by atoms with van der Waals surface area (Å²) in [7, 11) is -3.14. The molecule has 1 aromatic rings. The van der Waals surface area contributed by atoms with Crippen molar-refractivity contribution < 1.29 is 17.9 Å². The Kier molecular flexibility index (Phi) is 4.94. The van der Waals surface area contributed by atoms with Crippen LogP contribution in [0.15, 0.2) is 22.8 Å². The molecule has 92 valence electrons. The third kappa shape index (κ3) is 5.26. The molecule has 0 spiro atoms. The van der Waals surface area contributed by atoms with E-state index in [1.54, 1.807) is 12.1 Å². The molecule has 16 heavy (non-hydrogen) atoms. The van der Waals surface area contributed by atoms with Crippen LogP contribution >= 0.6 is 0 Å². The Labute approximate surface area is 94.7 Å². The predicted octanol–water partition coefficient (Wildman–Crippen LogP) is -0.548. The maximum Gasteiger partial charge on any atom is 0.208 e. The van der Waals surface area contributed by atoms with Gasteiger partial charge in [-0.3, -0.25) is 0 Å². The molecule has 6 nitrogen and oxygen atoms in total. The second kappa shape index (κ2) is 6.00. The number of aliphatic hydroxyl groups is 1. The summed E-state index contributed by atoms with van der Waals surface area (Å²) in [5, 5.41) is 12.5. The van der Waals surface area contributed by atoms with Gasteiger partial charge < -0.3 is 14.8 Å². The van der Waals surface area contributed by atoms with Crippen molar-refractivity contribution in [1.82, 2.24) is 10.0 Å². The molecule has 1 atom stereocenters. The van der Waals surface area contributed by atoms with Crippen LogP contribution in [0.25, 0.3) is 0 Å². The van der Waals surface area contributed by atoms with E-state index in [0.717, 1.165) is 6.26 Å². The molecule has 0 aliphatic rings. The first-order valence-corrected chi connectivity index (χ1v) is 6.75. The Morgan fingerprint density at radius 1 is 1.50 bits per heavy atom. The van der Waals surface area contributed by atoms with E-state index >= 15 is 0 Å². The van der Waals surface area contributed by atoms with Gasteiger partial charge in [-0.15, -0.1) is 0 Å². The lowest BCUT2D eigenvalue weighted by Gasteiger charge is -2.09. The molecule has 1 unspecified atom stereocenters. The largest absolute Gasteiger partial charge is 0.467 e. The van der Waals surface area contributed by atoms with Crippen LogP contribution in [0, 0.1) is 0 Å². The molecule has 1 rings (SSSR count). The molecule has 0 aromatic carbocycles. The van der Waals surface area contributed by atoms with Gasteiger partial charge in [0.15, 0.2) is 0 Å². The van der Waals surface area contributed by atoms with Crippen molar-refractivity contribution in [2.45, 2.75) is 6.10 Å². The summed E-state index contributed by atoms with van der Waals surface area (Å²) in [4.78, 5) is 0. The van der Waals surface area contributed by atoms with Gasteiger partial charge in [-0.2, -0.15) is 0 Å². The van der Waals surface area contributed by atoms with Gasteiger partial charge in [-0.05, 0) is 12.1 Å². The van der Waals surface area contributed by atoms with Gasteiger partial charge in [-0.1, -0.05) is 0 Å². The van der Waals surface area contributed by atoms with Crippen molar-refractivity contribution in [2.24, 2.45) is 0 Å². The van der Waals surface area contributed by atoms with Gasteiger partial charge in [0.25, 0.3) is 0 Å². The van der Waals surface area contributed by atoms with E-state index in [-0.39, 0.29) is 0 Å². The van der Waals surface area contributed by atoms with Crippen LogP contribution in [0.3, 0.4) is 0 Å². The summed E-state index contributed by atoms with van der Waals surface area (Å²) in [6.45, 7) is 1.06. The average Bonchev–Trinajstić information content (AvgIpc) is 2.67. The van der Waals surface area contributed by atoms with E-state index in [0.29, 0.717) is 25.4 Å². The first kappa shape index (κ1) is 13.2. The summed E-state index contributed by atoms with van der Waals surface area (Å²) in [6, 6.07) is 3.38. The van der Waals surface area contributed by atoms with Gasteiger partial charge in [0.05, 0.1) is 12.5 Å². The number of aliphatic hydroxyl groups excluding tert-OH is 1. The fraction of sp³-hybridized carbons (Fsp3) is 0.556. The Hall–Kier alpha value is -0.890. The van der Waals surface area contributed by atoms with E-state index in [4.69, 9.17) is 4.42 Å². The average molecular weight is 248 g/mol. The fourth-order valence-electron chi connectivity index (χ4n) is 1.15. The maximum atomic E-state index is 10.7. The van der Waals surface area contributed by atoms with Crippen LogP contribution < -0.4 is 10.0 Å². The predicted molar refractivity (Wildman–Crippen MR) is 59.4 cm³/mol. The standard InChI is InChI=1S/C9H16N2O4S/c1-16(13,14)11-5-4-10-7-8(12)9-3-2-6-15-9/h2-3,6,8,10-12H,4-5,7H2,1H3. The molecule has 1 aromatic heterocycles. The van der Waals surface area contributed by atoms with Gasteiger partial charge in [-0.25, -0.2) is 13.1 Å². The van der Waals surface area contributed by atoms with Gasteiger partial charge in [0, 0.05) is 19.6 Å². The minimum absolute atomic E-state index is 0.295. The molecule has 0 saturated carbocycles. The fourth-order valence-corrected chi connectivity index (χ4v) is 1.62. The number of nitrogens with one attached hydrogen (secondary N) is 2. The van der Waals surface area contributed by atoms with Crippen molar-refractivity contribution in [3.8, 4) is 0 Å².